The number of aromatic nitrogens is 1. The fourth-order valence-corrected chi connectivity index (χ4v) is 5.33. The van der Waals surface area contributed by atoms with Gasteiger partial charge >= 0.3 is 0 Å². The topological polar surface area (TPSA) is 25.2 Å². The largest absolute Gasteiger partial charge is 0.390 e. The molecule has 0 saturated heterocycles. The van der Waals surface area contributed by atoms with Crippen LogP contribution in [0.1, 0.15) is 71.1 Å². The Bertz CT molecular complexity index is 818. The van der Waals surface area contributed by atoms with Crippen molar-refractivity contribution >= 4 is 33.6 Å². The van der Waals surface area contributed by atoms with E-state index in [0.717, 1.165) is 5.75 Å². The van der Waals surface area contributed by atoms with Crippen LogP contribution in [0.15, 0.2) is 48.5 Å². The Morgan fingerprint density at radius 1 is 0.733 bits per heavy atom. The lowest BCUT2D eigenvalue weighted by atomic mass is 10.1. The molecule has 0 radical (unpaired) electrons. The van der Waals surface area contributed by atoms with Crippen LogP contribution in [0.25, 0.3) is 21.8 Å². The molecule has 0 aliphatic rings. The van der Waals surface area contributed by atoms with Crippen LogP contribution in [0.4, 0.5) is 0 Å². The van der Waals surface area contributed by atoms with Crippen molar-refractivity contribution in [3.63, 3.8) is 0 Å². The molecule has 0 bridgehead atoms. The van der Waals surface area contributed by atoms with Crippen LogP contribution in [0, 0.1) is 0 Å². The number of unbranched alkanes of at least 4 members (excludes halogenated alkanes) is 9. The van der Waals surface area contributed by atoms with Crippen LogP contribution in [0.3, 0.4) is 0 Å². The first kappa shape index (κ1) is 23.2. The number of rotatable bonds is 15. The van der Waals surface area contributed by atoms with Gasteiger partial charge in [-0.25, -0.2) is 0 Å². The van der Waals surface area contributed by atoms with Crippen molar-refractivity contribution in [3.05, 3.63) is 48.5 Å². The van der Waals surface area contributed by atoms with Crippen molar-refractivity contribution in [2.45, 2.75) is 83.8 Å². The zero-order valence-corrected chi connectivity index (χ0v) is 19.5. The lowest BCUT2D eigenvalue weighted by Crippen LogP contribution is -2.18. The first-order valence-corrected chi connectivity index (χ1v) is 13.2. The van der Waals surface area contributed by atoms with Crippen LogP contribution in [0.5, 0.6) is 0 Å². The Morgan fingerprint density at radius 2 is 1.23 bits per heavy atom. The highest BCUT2D eigenvalue weighted by atomic mass is 32.2. The number of aliphatic hydroxyl groups is 1. The first-order chi connectivity index (χ1) is 14.8. The zero-order valence-electron chi connectivity index (χ0n) is 18.7. The summed E-state index contributed by atoms with van der Waals surface area (Å²) in [5.74, 6) is 1.99. The van der Waals surface area contributed by atoms with Crippen molar-refractivity contribution in [3.8, 4) is 0 Å². The van der Waals surface area contributed by atoms with Gasteiger partial charge in [-0.1, -0.05) is 101 Å². The van der Waals surface area contributed by atoms with E-state index in [9.17, 15) is 5.11 Å². The maximum atomic E-state index is 10.7. The minimum absolute atomic E-state index is 0.308. The minimum Gasteiger partial charge on any atom is -0.390 e. The molecule has 2 aromatic carbocycles. The van der Waals surface area contributed by atoms with Gasteiger partial charge in [0.15, 0.2) is 0 Å². The van der Waals surface area contributed by atoms with Gasteiger partial charge in [-0.2, -0.15) is 11.8 Å². The van der Waals surface area contributed by atoms with Gasteiger partial charge in [-0.05, 0) is 24.3 Å². The van der Waals surface area contributed by atoms with Crippen LogP contribution in [-0.2, 0) is 6.54 Å². The van der Waals surface area contributed by atoms with Crippen LogP contribution < -0.4 is 0 Å². The summed E-state index contributed by atoms with van der Waals surface area (Å²) in [6.45, 7) is 2.94. The van der Waals surface area contributed by atoms with Gasteiger partial charge in [0, 0.05) is 34.1 Å². The zero-order chi connectivity index (χ0) is 21.0. The Labute approximate surface area is 187 Å². The summed E-state index contributed by atoms with van der Waals surface area (Å²) in [5, 5.41) is 13.2. The quantitative estimate of drug-likeness (QED) is 0.251. The third-order valence-electron chi connectivity index (χ3n) is 6.03. The van der Waals surface area contributed by atoms with Gasteiger partial charge in [0.2, 0.25) is 0 Å². The normalized spacial score (nSPS) is 12.7. The van der Waals surface area contributed by atoms with Crippen molar-refractivity contribution < 1.29 is 5.11 Å². The van der Waals surface area contributed by atoms with Crippen LogP contribution in [0.2, 0.25) is 0 Å². The van der Waals surface area contributed by atoms with Crippen molar-refractivity contribution in [2.75, 3.05) is 11.5 Å². The second-order valence-electron chi connectivity index (χ2n) is 8.56. The molecule has 1 aromatic heterocycles. The molecule has 1 unspecified atom stereocenters. The van der Waals surface area contributed by atoms with E-state index >= 15 is 0 Å². The van der Waals surface area contributed by atoms with E-state index in [-0.39, 0.29) is 6.10 Å². The standard InChI is InChI=1S/C27H39NOS/c1-2-3-4-5-6-7-8-9-10-15-20-30-22-23(29)21-28-26-18-13-11-16-24(26)25-17-12-14-19-27(25)28/h11-14,16-19,23,29H,2-10,15,20-22H2,1H3. The van der Waals surface area contributed by atoms with Crippen molar-refractivity contribution in [1.29, 1.82) is 0 Å². The SMILES string of the molecule is CCCCCCCCCCCCSCC(O)Cn1c2ccccc2c2ccccc21. The lowest BCUT2D eigenvalue weighted by Gasteiger charge is -2.14. The van der Waals surface area contributed by atoms with Gasteiger partial charge in [0.25, 0.3) is 0 Å². The number of nitrogens with zero attached hydrogens (tertiary/aromatic N) is 1. The summed E-state index contributed by atoms with van der Waals surface area (Å²) < 4.78 is 2.29. The molecule has 3 aromatic rings. The molecule has 0 saturated carbocycles. The summed E-state index contributed by atoms with van der Waals surface area (Å²) >= 11 is 1.91. The molecule has 0 aliphatic heterocycles. The summed E-state index contributed by atoms with van der Waals surface area (Å²) in [7, 11) is 0. The van der Waals surface area contributed by atoms with E-state index in [2.05, 4.69) is 60.0 Å². The van der Waals surface area contributed by atoms with E-state index in [1.807, 2.05) is 11.8 Å². The first-order valence-electron chi connectivity index (χ1n) is 12.0. The molecular weight excluding hydrogens is 386 g/mol. The third-order valence-corrected chi connectivity index (χ3v) is 7.22. The van der Waals surface area contributed by atoms with Gasteiger partial charge in [-0.3, -0.25) is 0 Å². The molecule has 1 N–H and O–H groups in total. The Morgan fingerprint density at radius 3 is 1.80 bits per heavy atom. The predicted molar refractivity (Wildman–Crippen MR) is 135 cm³/mol. The third kappa shape index (κ3) is 6.78. The minimum atomic E-state index is -0.308. The number of hydrogen-bond donors (Lipinski definition) is 1. The molecule has 1 heterocycles. The average Bonchev–Trinajstić information content (AvgIpc) is 3.08. The average molecular weight is 426 g/mol. The molecule has 1 atom stereocenters. The Hall–Kier alpha value is -1.45. The maximum Gasteiger partial charge on any atom is 0.0809 e. The van der Waals surface area contributed by atoms with Gasteiger partial charge < -0.3 is 9.67 Å². The molecule has 3 heteroatoms. The van der Waals surface area contributed by atoms with E-state index in [4.69, 9.17) is 0 Å². The number of para-hydroxylation sites is 2. The summed E-state index contributed by atoms with van der Waals surface area (Å²) in [5.41, 5.74) is 2.44. The second-order valence-corrected chi connectivity index (χ2v) is 9.71. The van der Waals surface area contributed by atoms with Gasteiger partial charge in [0.1, 0.15) is 0 Å². The van der Waals surface area contributed by atoms with Gasteiger partial charge in [0.05, 0.1) is 6.10 Å². The van der Waals surface area contributed by atoms with Crippen LogP contribution >= 0.6 is 11.8 Å². The van der Waals surface area contributed by atoms with E-state index in [1.54, 1.807) is 0 Å². The Balaban J connectivity index is 1.33. The number of thioether (sulfide) groups is 1. The monoisotopic (exact) mass is 425 g/mol. The number of fused-ring (bicyclic) bond motifs is 3. The Kier molecular flexibility index (Phi) is 10.1. The van der Waals surface area contributed by atoms with Crippen LogP contribution in [-0.4, -0.2) is 27.3 Å². The van der Waals surface area contributed by atoms with E-state index in [0.29, 0.717) is 6.54 Å². The lowest BCUT2D eigenvalue weighted by molar-refractivity contribution is 0.181. The molecule has 0 fully saturated rings. The summed E-state index contributed by atoms with van der Waals surface area (Å²) in [6.07, 6.45) is 13.5. The highest BCUT2D eigenvalue weighted by molar-refractivity contribution is 7.99. The maximum absolute atomic E-state index is 10.7. The predicted octanol–water partition coefficient (Wildman–Crippen LogP) is 7.81. The molecule has 0 amide bonds. The van der Waals surface area contributed by atoms with Gasteiger partial charge in [-0.15, -0.1) is 0 Å². The smallest absolute Gasteiger partial charge is 0.0809 e. The molecule has 164 valence electrons. The van der Waals surface area contributed by atoms with E-state index < -0.39 is 0 Å². The molecule has 0 spiro atoms. The molecule has 30 heavy (non-hydrogen) atoms. The van der Waals surface area contributed by atoms with Crippen molar-refractivity contribution in [2.24, 2.45) is 0 Å². The summed E-state index contributed by atoms with van der Waals surface area (Å²) in [6, 6.07) is 17.1. The molecule has 2 nitrogen and oxygen atoms in total. The molecular formula is C27H39NOS. The number of benzene rings is 2. The fraction of sp³-hybridized carbons (Fsp3) is 0.556. The highest BCUT2D eigenvalue weighted by Gasteiger charge is 2.13. The summed E-state index contributed by atoms with van der Waals surface area (Å²) in [4.78, 5) is 0. The van der Waals surface area contributed by atoms with Crippen molar-refractivity contribution in [1.82, 2.24) is 4.57 Å². The number of hydrogen-bond acceptors (Lipinski definition) is 2. The molecule has 3 rings (SSSR count). The van der Waals surface area contributed by atoms with E-state index in [1.165, 1.54) is 91.8 Å². The highest BCUT2D eigenvalue weighted by Crippen LogP contribution is 2.29. The fourth-order valence-electron chi connectivity index (χ4n) is 4.37. The second kappa shape index (κ2) is 13.1. The number of aliphatic hydroxyl groups excluding tert-OH is 1. The molecule has 0 aliphatic carbocycles.